The molecular formula is C19H26N4O3S. The summed E-state index contributed by atoms with van der Waals surface area (Å²) in [5.41, 5.74) is 8.26. The summed E-state index contributed by atoms with van der Waals surface area (Å²) in [6.07, 6.45) is 5.56. The highest BCUT2D eigenvalue weighted by Gasteiger charge is 2.26. The average molecular weight is 391 g/mol. The first-order chi connectivity index (χ1) is 12.7. The molecule has 3 rings (SSSR count). The number of anilines is 1. The van der Waals surface area contributed by atoms with Crippen molar-refractivity contribution in [2.45, 2.75) is 65.0 Å². The molecule has 27 heavy (non-hydrogen) atoms. The largest absolute Gasteiger partial charge is 0.392 e. The van der Waals surface area contributed by atoms with Gasteiger partial charge in [-0.3, -0.25) is 14.3 Å². The van der Waals surface area contributed by atoms with Crippen LogP contribution in [-0.4, -0.2) is 26.7 Å². The number of amides is 2. The van der Waals surface area contributed by atoms with Crippen molar-refractivity contribution in [3.63, 3.8) is 0 Å². The third-order valence-corrected chi connectivity index (χ3v) is 5.90. The monoisotopic (exact) mass is 390 g/mol. The summed E-state index contributed by atoms with van der Waals surface area (Å²) in [5.74, 6) is -0.773. The second-order valence-corrected chi connectivity index (χ2v) is 9.04. The van der Waals surface area contributed by atoms with Crippen molar-refractivity contribution < 1.29 is 14.7 Å². The molecule has 1 aliphatic carbocycles. The average Bonchev–Trinajstić information content (AvgIpc) is 3.14. The molecule has 0 saturated carbocycles. The first kappa shape index (κ1) is 19.6. The Morgan fingerprint density at radius 1 is 1.33 bits per heavy atom. The molecule has 0 fully saturated rings. The number of nitrogens with zero attached hydrogens (tertiary/aromatic N) is 2. The molecule has 2 aromatic rings. The van der Waals surface area contributed by atoms with Gasteiger partial charge in [0.2, 0.25) is 5.91 Å². The Morgan fingerprint density at radius 2 is 2.04 bits per heavy atom. The van der Waals surface area contributed by atoms with Gasteiger partial charge in [0, 0.05) is 22.1 Å². The van der Waals surface area contributed by atoms with Crippen LogP contribution in [0.15, 0.2) is 6.20 Å². The summed E-state index contributed by atoms with van der Waals surface area (Å²) >= 11 is 1.44. The molecule has 0 bridgehead atoms. The molecule has 1 aliphatic rings. The summed E-state index contributed by atoms with van der Waals surface area (Å²) in [6.45, 7) is 5.90. The van der Waals surface area contributed by atoms with Crippen LogP contribution in [0.3, 0.4) is 0 Å². The van der Waals surface area contributed by atoms with Gasteiger partial charge in [-0.2, -0.15) is 5.10 Å². The number of rotatable bonds is 5. The minimum absolute atomic E-state index is 0.00382. The van der Waals surface area contributed by atoms with Crippen molar-refractivity contribution in [1.29, 1.82) is 0 Å². The van der Waals surface area contributed by atoms with Crippen LogP contribution in [0.5, 0.6) is 0 Å². The smallest absolute Gasteiger partial charge is 0.251 e. The van der Waals surface area contributed by atoms with E-state index >= 15 is 0 Å². The number of aliphatic hydroxyl groups is 1. The Bertz CT molecular complexity index is 876. The highest BCUT2D eigenvalue weighted by molar-refractivity contribution is 7.17. The van der Waals surface area contributed by atoms with Gasteiger partial charge >= 0.3 is 0 Å². The molecule has 0 aliphatic heterocycles. The van der Waals surface area contributed by atoms with E-state index in [0.29, 0.717) is 16.1 Å². The van der Waals surface area contributed by atoms with Gasteiger partial charge in [-0.15, -0.1) is 11.3 Å². The van der Waals surface area contributed by atoms with E-state index < -0.39 is 5.91 Å². The summed E-state index contributed by atoms with van der Waals surface area (Å²) in [4.78, 5) is 25.6. The van der Waals surface area contributed by atoms with Crippen LogP contribution in [0.4, 0.5) is 5.00 Å². The molecular weight excluding hydrogens is 364 g/mol. The molecule has 0 aromatic carbocycles. The van der Waals surface area contributed by atoms with Gasteiger partial charge in [0.25, 0.3) is 5.91 Å². The van der Waals surface area contributed by atoms with Gasteiger partial charge in [-0.05, 0) is 31.2 Å². The van der Waals surface area contributed by atoms with Crippen LogP contribution in [0.2, 0.25) is 0 Å². The molecule has 0 unspecified atom stereocenters. The lowest BCUT2D eigenvalue weighted by Gasteiger charge is -2.16. The minimum Gasteiger partial charge on any atom is -0.392 e. The summed E-state index contributed by atoms with van der Waals surface area (Å²) in [6, 6.07) is 0. The number of primary amides is 1. The zero-order chi connectivity index (χ0) is 19.8. The first-order valence-corrected chi connectivity index (χ1v) is 9.94. The maximum atomic E-state index is 12.5. The number of thiophene rings is 1. The van der Waals surface area contributed by atoms with Crippen LogP contribution < -0.4 is 11.1 Å². The predicted octanol–water partition coefficient (Wildman–Crippen LogP) is 2.35. The molecule has 2 amide bonds. The number of carbonyl (C=O) groups excluding carboxylic acids is 2. The Labute approximate surface area is 162 Å². The van der Waals surface area contributed by atoms with Crippen molar-refractivity contribution in [3.8, 4) is 0 Å². The van der Waals surface area contributed by atoms with Crippen molar-refractivity contribution in [3.05, 3.63) is 33.5 Å². The normalized spacial score (nSPS) is 14.1. The van der Waals surface area contributed by atoms with Crippen LogP contribution >= 0.6 is 11.3 Å². The molecule has 8 heteroatoms. The van der Waals surface area contributed by atoms with Crippen LogP contribution in [0.25, 0.3) is 0 Å². The SMILES string of the molecule is CC(C)(C)c1nn(CC(=O)Nc2sc3c(c2C(N)=O)CCCC3)cc1CO. The second kappa shape index (κ2) is 7.44. The lowest BCUT2D eigenvalue weighted by molar-refractivity contribution is -0.116. The zero-order valence-electron chi connectivity index (χ0n) is 16.0. The number of nitrogens with two attached hydrogens (primary N) is 1. The molecule has 146 valence electrons. The van der Waals surface area contributed by atoms with E-state index in [1.54, 1.807) is 6.20 Å². The number of aromatic nitrogens is 2. The number of fused-ring (bicyclic) bond motifs is 1. The Balaban J connectivity index is 1.80. The number of carbonyl (C=O) groups is 2. The topological polar surface area (TPSA) is 110 Å². The minimum atomic E-state index is -0.499. The molecule has 0 atom stereocenters. The van der Waals surface area contributed by atoms with E-state index in [0.717, 1.165) is 41.8 Å². The molecule has 7 nitrogen and oxygen atoms in total. The lowest BCUT2D eigenvalue weighted by atomic mass is 9.90. The molecule has 2 aromatic heterocycles. The van der Waals surface area contributed by atoms with Crippen molar-refractivity contribution >= 4 is 28.2 Å². The standard InChI is InChI=1S/C19H26N4O3S/c1-19(2,3)16-11(10-24)8-23(22-16)9-14(25)21-18-15(17(20)26)12-6-4-5-7-13(12)27-18/h8,24H,4-7,9-10H2,1-3H3,(H2,20,26)(H,21,25). The molecule has 2 heterocycles. The number of nitrogens with one attached hydrogen (secondary N) is 1. The quantitative estimate of drug-likeness (QED) is 0.728. The summed E-state index contributed by atoms with van der Waals surface area (Å²) < 4.78 is 1.53. The first-order valence-electron chi connectivity index (χ1n) is 9.12. The second-order valence-electron chi connectivity index (χ2n) is 7.94. The van der Waals surface area contributed by atoms with E-state index in [1.807, 2.05) is 20.8 Å². The zero-order valence-corrected chi connectivity index (χ0v) is 16.8. The van der Waals surface area contributed by atoms with Crippen LogP contribution in [0, 0.1) is 0 Å². The van der Waals surface area contributed by atoms with Crippen LogP contribution in [0.1, 0.15) is 65.7 Å². The van der Waals surface area contributed by atoms with E-state index in [9.17, 15) is 14.7 Å². The third kappa shape index (κ3) is 4.06. The van der Waals surface area contributed by atoms with Gasteiger partial charge in [-0.1, -0.05) is 20.8 Å². The van der Waals surface area contributed by atoms with Crippen molar-refractivity contribution in [1.82, 2.24) is 9.78 Å². The summed E-state index contributed by atoms with van der Waals surface area (Å²) in [5, 5.41) is 17.4. The third-order valence-electron chi connectivity index (χ3n) is 4.69. The fraction of sp³-hybridized carbons (Fsp3) is 0.526. The number of hydrogen-bond donors (Lipinski definition) is 3. The van der Waals surface area contributed by atoms with E-state index in [2.05, 4.69) is 10.4 Å². The fourth-order valence-corrected chi connectivity index (χ4v) is 4.83. The number of hydrogen-bond acceptors (Lipinski definition) is 5. The van der Waals surface area contributed by atoms with Gasteiger partial charge < -0.3 is 16.2 Å². The van der Waals surface area contributed by atoms with E-state index in [1.165, 1.54) is 16.0 Å². The van der Waals surface area contributed by atoms with Gasteiger partial charge in [0.15, 0.2) is 0 Å². The van der Waals surface area contributed by atoms with Crippen LogP contribution in [-0.2, 0) is 36.2 Å². The number of aryl methyl sites for hydroxylation is 1. The maximum Gasteiger partial charge on any atom is 0.251 e. The van der Waals surface area contributed by atoms with Gasteiger partial charge in [0.1, 0.15) is 11.5 Å². The Hall–Kier alpha value is -2.19. The molecule has 0 radical (unpaired) electrons. The van der Waals surface area contributed by atoms with E-state index in [-0.39, 0.29) is 24.5 Å². The fourth-order valence-electron chi connectivity index (χ4n) is 3.52. The van der Waals surface area contributed by atoms with Crippen molar-refractivity contribution in [2.75, 3.05) is 5.32 Å². The molecule has 0 saturated heterocycles. The maximum absolute atomic E-state index is 12.5. The van der Waals surface area contributed by atoms with Gasteiger partial charge in [0.05, 0.1) is 17.9 Å². The summed E-state index contributed by atoms with van der Waals surface area (Å²) in [7, 11) is 0. The predicted molar refractivity (Wildman–Crippen MR) is 105 cm³/mol. The lowest BCUT2D eigenvalue weighted by Crippen LogP contribution is -2.22. The highest BCUT2D eigenvalue weighted by atomic mass is 32.1. The molecule has 4 N–H and O–H groups in total. The van der Waals surface area contributed by atoms with Crippen molar-refractivity contribution in [2.24, 2.45) is 5.73 Å². The molecule has 0 spiro atoms. The Morgan fingerprint density at radius 3 is 2.63 bits per heavy atom. The Kier molecular flexibility index (Phi) is 5.39. The number of aliphatic hydroxyl groups excluding tert-OH is 1. The van der Waals surface area contributed by atoms with Gasteiger partial charge in [-0.25, -0.2) is 0 Å². The highest BCUT2D eigenvalue weighted by Crippen LogP contribution is 2.37. The van der Waals surface area contributed by atoms with E-state index in [4.69, 9.17) is 5.73 Å².